The molecule has 80 valence electrons. The zero-order chi connectivity index (χ0) is 10.5. The summed E-state index contributed by atoms with van der Waals surface area (Å²) in [5, 5.41) is 0. The van der Waals surface area contributed by atoms with Gasteiger partial charge in [-0.15, -0.1) is 0 Å². The molecule has 0 bridgehead atoms. The van der Waals surface area contributed by atoms with Gasteiger partial charge in [0.25, 0.3) is 0 Å². The number of nitrogens with one attached hydrogen (secondary N) is 1. The van der Waals surface area contributed by atoms with Gasteiger partial charge in [0.15, 0.2) is 0 Å². The van der Waals surface area contributed by atoms with Crippen LogP contribution in [0.15, 0.2) is 24.5 Å². The van der Waals surface area contributed by atoms with Crippen molar-refractivity contribution in [2.24, 2.45) is 0 Å². The van der Waals surface area contributed by atoms with E-state index >= 15 is 0 Å². The number of ether oxygens (including phenoxy) is 1. The molecule has 0 aliphatic rings. The molecule has 0 aliphatic carbocycles. The van der Waals surface area contributed by atoms with E-state index in [-0.39, 0.29) is 0 Å². The Labute approximate surface area is 89.5 Å². The predicted octanol–water partition coefficient (Wildman–Crippen LogP) is 3.13. The molecule has 3 nitrogen and oxygen atoms in total. The van der Waals surface area contributed by atoms with Crippen LogP contribution in [0.2, 0.25) is 0 Å². The molecule has 1 aromatic heterocycles. The van der Waals surface area contributed by atoms with Crippen LogP contribution in [-0.2, 0) is 0 Å². The largest absolute Gasteiger partial charge is 0.491 e. The number of hydrogen-bond donors (Lipinski definition) is 1. The summed E-state index contributed by atoms with van der Waals surface area (Å²) in [6.07, 6.45) is 5.25. The number of H-pyrrole nitrogens is 1. The standard InChI is InChI=1S/C12H16N2O/c1-2-3-4-8-15-11-7-5-6-10-12(11)14-9-13-10/h5-7,9H,2-4,8H2,1H3,(H,13,14). The fraction of sp³-hybridized carbons (Fsp3) is 0.417. The Bertz CT molecular complexity index is 422. The van der Waals surface area contributed by atoms with E-state index in [1.807, 2.05) is 18.2 Å². The molecule has 0 amide bonds. The molecule has 0 atom stereocenters. The molecule has 1 N–H and O–H groups in total. The Kier molecular flexibility index (Phi) is 3.22. The van der Waals surface area contributed by atoms with Crippen molar-refractivity contribution in [1.82, 2.24) is 9.97 Å². The van der Waals surface area contributed by atoms with Crippen LogP contribution in [0.5, 0.6) is 5.75 Å². The molecular weight excluding hydrogens is 188 g/mol. The van der Waals surface area contributed by atoms with Gasteiger partial charge in [0.05, 0.1) is 18.5 Å². The van der Waals surface area contributed by atoms with Crippen LogP contribution >= 0.6 is 0 Å². The fourth-order valence-electron chi connectivity index (χ4n) is 1.59. The first-order chi connectivity index (χ1) is 7.42. The van der Waals surface area contributed by atoms with Gasteiger partial charge in [0, 0.05) is 0 Å². The van der Waals surface area contributed by atoms with Gasteiger partial charge in [-0.3, -0.25) is 0 Å². The number of imidazole rings is 1. The molecule has 3 heteroatoms. The first-order valence-corrected chi connectivity index (χ1v) is 5.46. The predicted molar refractivity (Wildman–Crippen MR) is 61.1 cm³/mol. The van der Waals surface area contributed by atoms with Gasteiger partial charge in [-0.05, 0) is 18.6 Å². The highest BCUT2D eigenvalue weighted by Gasteiger charge is 2.02. The molecule has 0 spiro atoms. The van der Waals surface area contributed by atoms with Crippen LogP contribution in [0.1, 0.15) is 26.2 Å². The normalized spacial score (nSPS) is 10.7. The second-order valence-electron chi connectivity index (χ2n) is 3.61. The van der Waals surface area contributed by atoms with Gasteiger partial charge in [-0.2, -0.15) is 0 Å². The lowest BCUT2D eigenvalue weighted by atomic mass is 10.2. The van der Waals surface area contributed by atoms with E-state index in [2.05, 4.69) is 16.9 Å². The smallest absolute Gasteiger partial charge is 0.144 e. The molecule has 0 radical (unpaired) electrons. The third-order valence-corrected chi connectivity index (χ3v) is 2.42. The van der Waals surface area contributed by atoms with Crippen LogP contribution in [0.4, 0.5) is 0 Å². The number of aromatic amines is 1. The SMILES string of the molecule is CCCCCOc1cccc2nc[nH]c12. The van der Waals surface area contributed by atoms with E-state index < -0.39 is 0 Å². The van der Waals surface area contributed by atoms with E-state index in [1.54, 1.807) is 6.33 Å². The molecule has 0 saturated heterocycles. The van der Waals surface area contributed by atoms with Gasteiger partial charge >= 0.3 is 0 Å². The Morgan fingerprint density at radius 3 is 3.13 bits per heavy atom. The van der Waals surface area contributed by atoms with Gasteiger partial charge in [0.1, 0.15) is 11.3 Å². The number of rotatable bonds is 5. The van der Waals surface area contributed by atoms with Crippen molar-refractivity contribution in [1.29, 1.82) is 0 Å². The number of fused-ring (bicyclic) bond motifs is 1. The van der Waals surface area contributed by atoms with E-state index in [9.17, 15) is 0 Å². The first-order valence-electron chi connectivity index (χ1n) is 5.46. The van der Waals surface area contributed by atoms with Gasteiger partial charge < -0.3 is 9.72 Å². The van der Waals surface area contributed by atoms with E-state index in [0.29, 0.717) is 0 Å². The van der Waals surface area contributed by atoms with Crippen molar-refractivity contribution >= 4 is 11.0 Å². The quantitative estimate of drug-likeness (QED) is 0.760. The number of para-hydroxylation sites is 1. The lowest BCUT2D eigenvalue weighted by molar-refractivity contribution is 0.309. The Hall–Kier alpha value is -1.51. The molecule has 2 aromatic rings. The highest BCUT2D eigenvalue weighted by atomic mass is 16.5. The number of unbranched alkanes of at least 4 members (excludes halogenated alkanes) is 2. The Balaban J connectivity index is 2.04. The maximum Gasteiger partial charge on any atom is 0.144 e. The summed E-state index contributed by atoms with van der Waals surface area (Å²) in [7, 11) is 0. The van der Waals surface area contributed by atoms with Gasteiger partial charge in [0.2, 0.25) is 0 Å². The van der Waals surface area contributed by atoms with Crippen molar-refractivity contribution in [3.05, 3.63) is 24.5 Å². The van der Waals surface area contributed by atoms with Crippen LogP contribution in [0.3, 0.4) is 0 Å². The van der Waals surface area contributed by atoms with Crippen LogP contribution in [-0.4, -0.2) is 16.6 Å². The number of benzene rings is 1. The van der Waals surface area contributed by atoms with Crippen molar-refractivity contribution in [3.8, 4) is 5.75 Å². The fourth-order valence-corrected chi connectivity index (χ4v) is 1.59. The molecule has 0 aliphatic heterocycles. The van der Waals surface area contributed by atoms with E-state index in [1.165, 1.54) is 12.8 Å². The van der Waals surface area contributed by atoms with Crippen LogP contribution < -0.4 is 4.74 Å². The zero-order valence-electron chi connectivity index (χ0n) is 8.99. The van der Waals surface area contributed by atoms with Gasteiger partial charge in [-0.25, -0.2) is 4.98 Å². The second-order valence-corrected chi connectivity index (χ2v) is 3.61. The average molecular weight is 204 g/mol. The summed E-state index contributed by atoms with van der Waals surface area (Å²) in [5.74, 6) is 0.904. The topological polar surface area (TPSA) is 37.9 Å². The van der Waals surface area contributed by atoms with Gasteiger partial charge in [-0.1, -0.05) is 25.8 Å². The monoisotopic (exact) mass is 204 g/mol. The molecule has 0 unspecified atom stereocenters. The summed E-state index contributed by atoms with van der Waals surface area (Å²) in [5.41, 5.74) is 1.96. The molecular formula is C12H16N2O. The lowest BCUT2D eigenvalue weighted by Gasteiger charge is -2.05. The third-order valence-electron chi connectivity index (χ3n) is 2.42. The summed E-state index contributed by atoms with van der Waals surface area (Å²) in [6, 6.07) is 5.93. The van der Waals surface area contributed by atoms with Crippen molar-refractivity contribution in [3.63, 3.8) is 0 Å². The minimum absolute atomic E-state index is 0.784. The van der Waals surface area contributed by atoms with E-state index in [4.69, 9.17) is 4.74 Å². The molecule has 1 aromatic carbocycles. The van der Waals surface area contributed by atoms with Crippen molar-refractivity contribution < 1.29 is 4.74 Å². The molecule has 2 rings (SSSR count). The summed E-state index contributed by atoms with van der Waals surface area (Å²) in [4.78, 5) is 7.28. The second kappa shape index (κ2) is 4.82. The molecule has 0 fully saturated rings. The average Bonchev–Trinajstić information content (AvgIpc) is 2.73. The Morgan fingerprint density at radius 2 is 2.27 bits per heavy atom. The van der Waals surface area contributed by atoms with Crippen molar-refractivity contribution in [2.45, 2.75) is 26.2 Å². The summed E-state index contributed by atoms with van der Waals surface area (Å²) < 4.78 is 5.71. The minimum Gasteiger partial charge on any atom is -0.491 e. The summed E-state index contributed by atoms with van der Waals surface area (Å²) >= 11 is 0. The highest BCUT2D eigenvalue weighted by molar-refractivity contribution is 5.80. The number of nitrogens with zero attached hydrogens (tertiary/aromatic N) is 1. The highest BCUT2D eigenvalue weighted by Crippen LogP contribution is 2.22. The molecule has 1 heterocycles. The third kappa shape index (κ3) is 2.29. The minimum atomic E-state index is 0.784. The number of hydrogen-bond acceptors (Lipinski definition) is 2. The first kappa shape index (κ1) is 10.0. The summed E-state index contributed by atoms with van der Waals surface area (Å²) in [6.45, 7) is 2.97. The number of aromatic nitrogens is 2. The lowest BCUT2D eigenvalue weighted by Crippen LogP contribution is -1.97. The molecule has 15 heavy (non-hydrogen) atoms. The Morgan fingerprint density at radius 1 is 1.33 bits per heavy atom. The maximum absolute atomic E-state index is 5.71. The van der Waals surface area contributed by atoms with Crippen LogP contribution in [0, 0.1) is 0 Å². The van der Waals surface area contributed by atoms with Crippen molar-refractivity contribution in [2.75, 3.05) is 6.61 Å². The molecule has 0 saturated carbocycles. The van der Waals surface area contributed by atoms with Crippen LogP contribution in [0.25, 0.3) is 11.0 Å². The zero-order valence-corrected chi connectivity index (χ0v) is 8.99. The maximum atomic E-state index is 5.71. The van der Waals surface area contributed by atoms with E-state index in [0.717, 1.165) is 29.8 Å².